The molecule has 0 saturated carbocycles. The third kappa shape index (κ3) is 3.20. The van der Waals surface area contributed by atoms with Crippen molar-refractivity contribution < 1.29 is 9.59 Å². The van der Waals surface area contributed by atoms with E-state index in [2.05, 4.69) is 0 Å². The fourth-order valence-corrected chi connectivity index (χ4v) is 1.88. The van der Waals surface area contributed by atoms with Gasteiger partial charge in [-0.3, -0.25) is 9.59 Å². The maximum absolute atomic E-state index is 10.8. The van der Waals surface area contributed by atoms with E-state index in [-0.39, 0.29) is 24.7 Å². The van der Waals surface area contributed by atoms with Crippen molar-refractivity contribution in [2.45, 2.75) is 38.5 Å². The Kier molecular flexibility index (Phi) is 3.68. The molecule has 4 heteroatoms. The molecule has 0 atom stereocenters. The van der Waals surface area contributed by atoms with Gasteiger partial charge in [-0.15, -0.1) is 0 Å². The Hall–Kier alpha value is -1.32. The monoisotopic (exact) mass is 196 g/mol. The van der Waals surface area contributed by atoms with Gasteiger partial charge in [-0.05, 0) is 25.7 Å². The lowest BCUT2D eigenvalue weighted by molar-refractivity contribution is -0.118. The van der Waals surface area contributed by atoms with Crippen molar-refractivity contribution in [2.24, 2.45) is 11.5 Å². The SMILES string of the molecule is NC(=O)CC1=C(CC(N)=O)CCCC1. The highest BCUT2D eigenvalue weighted by Gasteiger charge is 2.15. The molecule has 0 aromatic heterocycles. The standard InChI is InChI=1S/C10H16N2O2/c11-9(13)5-7-3-1-2-4-8(7)6-10(12)14/h1-6H2,(H2,11,13)(H2,12,14). The average Bonchev–Trinajstić information content (AvgIpc) is 2.06. The summed E-state index contributed by atoms with van der Waals surface area (Å²) in [6.45, 7) is 0. The van der Waals surface area contributed by atoms with Gasteiger partial charge >= 0.3 is 0 Å². The minimum Gasteiger partial charge on any atom is -0.369 e. The number of carbonyl (C=O) groups excluding carboxylic acids is 2. The first-order valence-electron chi connectivity index (χ1n) is 4.86. The van der Waals surface area contributed by atoms with Crippen LogP contribution in [0.15, 0.2) is 11.1 Å². The Morgan fingerprint density at radius 2 is 1.29 bits per heavy atom. The number of hydrogen-bond acceptors (Lipinski definition) is 2. The number of amides is 2. The molecule has 1 rings (SSSR count). The molecule has 1 aliphatic carbocycles. The highest BCUT2D eigenvalue weighted by atomic mass is 16.1. The Bertz CT molecular complexity index is 254. The van der Waals surface area contributed by atoms with Crippen LogP contribution in [0.3, 0.4) is 0 Å². The fraction of sp³-hybridized carbons (Fsp3) is 0.600. The molecular formula is C10H16N2O2. The van der Waals surface area contributed by atoms with E-state index < -0.39 is 0 Å². The molecule has 0 unspecified atom stereocenters. The van der Waals surface area contributed by atoms with Crippen LogP contribution < -0.4 is 11.5 Å². The molecule has 14 heavy (non-hydrogen) atoms. The van der Waals surface area contributed by atoms with Gasteiger partial charge in [0.25, 0.3) is 0 Å². The molecule has 0 radical (unpaired) electrons. The van der Waals surface area contributed by atoms with Crippen LogP contribution in [0.4, 0.5) is 0 Å². The summed E-state index contributed by atoms with van der Waals surface area (Å²) in [7, 11) is 0. The van der Waals surface area contributed by atoms with E-state index in [0.29, 0.717) is 0 Å². The van der Waals surface area contributed by atoms with Crippen molar-refractivity contribution in [3.8, 4) is 0 Å². The van der Waals surface area contributed by atoms with Gasteiger partial charge in [-0.25, -0.2) is 0 Å². The van der Waals surface area contributed by atoms with Crippen LogP contribution in [0, 0.1) is 0 Å². The van der Waals surface area contributed by atoms with E-state index in [0.717, 1.165) is 36.8 Å². The topological polar surface area (TPSA) is 86.2 Å². The summed E-state index contributed by atoms with van der Waals surface area (Å²) >= 11 is 0. The van der Waals surface area contributed by atoms with Crippen LogP contribution in [0.1, 0.15) is 38.5 Å². The highest BCUT2D eigenvalue weighted by molar-refractivity contribution is 5.79. The van der Waals surface area contributed by atoms with E-state index >= 15 is 0 Å². The first-order chi connectivity index (χ1) is 6.59. The van der Waals surface area contributed by atoms with Gasteiger partial charge in [-0.1, -0.05) is 11.1 Å². The number of hydrogen-bond donors (Lipinski definition) is 2. The molecule has 0 fully saturated rings. The Morgan fingerprint density at radius 3 is 1.57 bits per heavy atom. The van der Waals surface area contributed by atoms with Crippen molar-refractivity contribution >= 4 is 11.8 Å². The van der Waals surface area contributed by atoms with Gasteiger partial charge in [0.05, 0.1) is 0 Å². The molecule has 0 aliphatic heterocycles. The van der Waals surface area contributed by atoms with Crippen molar-refractivity contribution in [2.75, 3.05) is 0 Å². The number of primary amides is 2. The maximum Gasteiger partial charge on any atom is 0.221 e. The predicted molar refractivity (Wildman–Crippen MR) is 53.1 cm³/mol. The summed E-state index contributed by atoms with van der Waals surface area (Å²) in [5.41, 5.74) is 12.3. The summed E-state index contributed by atoms with van der Waals surface area (Å²) in [5, 5.41) is 0. The first kappa shape index (κ1) is 10.8. The van der Waals surface area contributed by atoms with Gasteiger partial charge in [0.2, 0.25) is 11.8 Å². The quantitative estimate of drug-likeness (QED) is 0.645. The summed E-state index contributed by atoms with van der Waals surface area (Å²) < 4.78 is 0. The molecule has 0 aromatic rings. The van der Waals surface area contributed by atoms with Crippen molar-refractivity contribution in [1.29, 1.82) is 0 Å². The Balaban J connectivity index is 2.73. The van der Waals surface area contributed by atoms with Gasteiger partial charge < -0.3 is 11.5 Å². The molecule has 2 amide bonds. The van der Waals surface area contributed by atoms with Crippen molar-refractivity contribution in [3.05, 3.63) is 11.1 Å². The third-order valence-corrected chi connectivity index (χ3v) is 2.48. The largest absolute Gasteiger partial charge is 0.369 e. The Morgan fingerprint density at radius 1 is 0.929 bits per heavy atom. The number of nitrogens with two attached hydrogens (primary N) is 2. The molecule has 78 valence electrons. The van der Waals surface area contributed by atoms with Crippen LogP contribution in [0.2, 0.25) is 0 Å². The second-order valence-corrected chi connectivity index (χ2v) is 3.70. The normalized spacial score (nSPS) is 16.9. The minimum absolute atomic E-state index is 0.280. The van der Waals surface area contributed by atoms with E-state index in [9.17, 15) is 9.59 Å². The highest BCUT2D eigenvalue weighted by Crippen LogP contribution is 2.28. The molecule has 1 aliphatic rings. The lowest BCUT2D eigenvalue weighted by Crippen LogP contribution is -2.17. The van der Waals surface area contributed by atoms with E-state index in [1.165, 1.54) is 0 Å². The maximum atomic E-state index is 10.8. The van der Waals surface area contributed by atoms with E-state index in [1.54, 1.807) is 0 Å². The number of rotatable bonds is 4. The second-order valence-electron chi connectivity index (χ2n) is 3.70. The minimum atomic E-state index is -0.330. The lowest BCUT2D eigenvalue weighted by atomic mass is 9.88. The van der Waals surface area contributed by atoms with Crippen LogP contribution >= 0.6 is 0 Å². The summed E-state index contributed by atoms with van der Waals surface area (Å²) in [6, 6.07) is 0. The fourth-order valence-electron chi connectivity index (χ4n) is 1.88. The van der Waals surface area contributed by atoms with Crippen LogP contribution in [0.5, 0.6) is 0 Å². The molecule has 4 N–H and O–H groups in total. The van der Waals surface area contributed by atoms with E-state index in [4.69, 9.17) is 11.5 Å². The predicted octanol–water partition coefficient (Wildman–Crippen LogP) is 0.608. The third-order valence-electron chi connectivity index (χ3n) is 2.48. The molecule has 0 bridgehead atoms. The molecule has 0 saturated heterocycles. The molecule has 0 aromatic carbocycles. The van der Waals surface area contributed by atoms with Gasteiger partial charge in [0.15, 0.2) is 0 Å². The summed E-state index contributed by atoms with van der Waals surface area (Å²) in [4.78, 5) is 21.5. The zero-order chi connectivity index (χ0) is 10.6. The molecule has 0 spiro atoms. The van der Waals surface area contributed by atoms with E-state index in [1.807, 2.05) is 0 Å². The smallest absolute Gasteiger partial charge is 0.221 e. The summed E-state index contributed by atoms with van der Waals surface area (Å²) in [5.74, 6) is -0.659. The number of carbonyl (C=O) groups is 2. The second kappa shape index (κ2) is 4.79. The van der Waals surface area contributed by atoms with Crippen LogP contribution in [0.25, 0.3) is 0 Å². The lowest BCUT2D eigenvalue weighted by Gasteiger charge is -2.18. The zero-order valence-corrected chi connectivity index (χ0v) is 8.21. The average molecular weight is 196 g/mol. The van der Waals surface area contributed by atoms with Crippen LogP contribution in [-0.4, -0.2) is 11.8 Å². The zero-order valence-electron chi connectivity index (χ0n) is 8.21. The summed E-state index contributed by atoms with van der Waals surface area (Å²) in [6.07, 6.45) is 4.47. The van der Waals surface area contributed by atoms with Crippen LogP contribution in [-0.2, 0) is 9.59 Å². The molecule has 0 heterocycles. The molecule has 4 nitrogen and oxygen atoms in total. The van der Waals surface area contributed by atoms with Gasteiger partial charge in [0.1, 0.15) is 0 Å². The van der Waals surface area contributed by atoms with Gasteiger partial charge in [0, 0.05) is 12.8 Å². The molecular weight excluding hydrogens is 180 g/mol. The van der Waals surface area contributed by atoms with Crippen molar-refractivity contribution in [1.82, 2.24) is 0 Å². The van der Waals surface area contributed by atoms with Crippen molar-refractivity contribution in [3.63, 3.8) is 0 Å². The Labute approximate surface area is 83.3 Å². The first-order valence-corrected chi connectivity index (χ1v) is 4.86. The van der Waals surface area contributed by atoms with Gasteiger partial charge in [-0.2, -0.15) is 0 Å².